The van der Waals surface area contributed by atoms with Crippen LogP contribution >= 0.6 is 0 Å². The van der Waals surface area contributed by atoms with Crippen LogP contribution in [0, 0.1) is 0 Å². The minimum atomic E-state index is -3.41. The topological polar surface area (TPSA) is 72.6 Å². The third-order valence-corrected chi connectivity index (χ3v) is 5.05. The number of nitrogen functional groups attached to an aromatic ring is 1. The predicted molar refractivity (Wildman–Crippen MR) is 70.0 cm³/mol. The van der Waals surface area contributed by atoms with Gasteiger partial charge in [-0.3, -0.25) is 0 Å². The van der Waals surface area contributed by atoms with Crippen LogP contribution < -0.4 is 10.5 Å². The van der Waals surface area contributed by atoms with E-state index >= 15 is 0 Å². The molecule has 0 aromatic heterocycles. The van der Waals surface area contributed by atoms with Gasteiger partial charge in [0, 0.05) is 19.2 Å². The Balaban J connectivity index is 2.34. The lowest BCUT2D eigenvalue weighted by Crippen LogP contribution is -2.35. The summed E-state index contributed by atoms with van der Waals surface area (Å²) in [7, 11) is -1.94. The van der Waals surface area contributed by atoms with Gasteiger partial charge in [-0.05, 0) is 25.0 Å². The summed E-state index contributed by atoms with van der Waals surface area (Å²) in [6, 6.07) is 4.58. The molecule has 1 aromatic rings. The Hall–Kier alpha value is -1.27. The van der Waals surface area contributed by atoms with E-state index in [-0.39, 0.29) is 4.90 Å². The molecule has 1 saturated heterocycles. The highest BCUT2D eigenvalue weighted by atomic mass is 32.2. The van der Waals surface area contributed by atoms with E-state index in [9.17, 15) is 8.42 Å². The monoisotopic (exact) mass is 270 g/mol. The predicted octanol–water partition coefficient (Wildman–Crippen LogP) is 1.45. The van der Waals surface area contributed by atoms with Crippen LogP contribution in [0.25, 0.3) is 0 Å². The SMILES string of the molecule is COc1cc(S(=O)(=O)N2CCCCC2)ccc1N. The number of nitrogens with two attached hydrogens (primary N) is 1. The Morgan fingerprint density at radius 2 is 1.89 bits per heavy atom. The molecule has 0 amide bonds. The molecule has 0 bridgehead atoms. The lowest BCUT2D eigenvalue weighted by Gasteiger charge is -2.26. The number of ether oxygens (including phenoxy) is 1. The highest BCUT2D eigenvalue weighted by Crippen LogP contribution is 2.27. The van der Waals surface area contributed by atoms with Crippen LogP contribution in [0.1, 0.15) is 19.3 Å². The van der Waals surface area contributed by atoms with Crippen molar-refractivity contribution in [1.29, 1.82) is 0 Å². The first-order valence-electron chi connectivity index (χ1n) is 5.99. The van der Waals surface area contributed by atoms with Crippen molar-refractivity contribution in [2.45, 2.75) is 24.2 Å². The standard InChI is InChI=1S/C12H18N2O3S/c1-17-12-9-10(5-6-11(12)13)18(15,16)14-7-3-2-4-8-14/h5-6,9H,2-4,7-8,13H2,1H3. The van der Waals surface area contributed by atoms with Gasteiger partial charge in [-0.15, -0.1) is 0 Å². The maximum absolute atomic E-state index is 12.4. The van der Waals surface area contributed by atoms with Gasteiger partial charge >= 0.3 is 0 Å². The van der Waals surface area contributed by atoms with Crippen LogP contribution in [0.15, 0.2) is 23.1 Å². The van der Waals surface area contributed by atoms with Crippen LogP contribution in [0.5, 0.6) is 5.75 Å². The summed E-state index contributed by atoms with van der Waals surface area (Å²) in [6.45, 7) is 1.18. The zero-order chi connectivity index (χ0) is 13.2. The van der Waals surface area contributed by atoms with Crippen LogP contribution in [0.3, 0.4) is 0 Å². The molecule has 6 heteroatoms. The fourth-order valence-electron chi connectivity index (χ4n) is 2.11. The van der Waals surface area contributed by atoms with Gasteiger partial charge in [0.25, 0.3) is 0 Å². The molecule has 1 aromatic carbocycles. The maximum atomic E-state index is 12.4. The maximum Gasteiger partial charge on any atom is 0.243 e. The molecule has 18 heavy (non-hydrogen) atoms. The first-order chi connectivity index (χ1) is 8.55. The summed E-state index contributed by atoms with van der Waals surface area (Å²) in [6.07, 6.45) is 2.94. The number of sulfonamides is 1. The van der Waals surface area contributed by atoms with Crippen LogP contribution in [0.4, 0.5) is 5.69 Å². The fourth-order valence-corrected chi connectivity index (χ4v) is 3.64. The van der Waals surface area contributed by atoms with Crippen molar-refractivity contribution in [3.63, 3.8) is 0 Å². The van der Waals surface area contributed by atoms with Gasteiger partial charge in [0.15, 0.2) is 0 Å². The van der Waals surface area contributed by atoms with Crippen molar-refractivity contribution < 1.29 is 13.2 Å². The Kier molecular flexibility index (Phi) is 3.77. The zero-order valence-corrected chi connectivity index (χ0v) is 11.2. The quantitative estimate of drug-likeness (QED) is 0.844. The molecule has 0 spiro atoms. The van der Waals surface area contributed by atoms with Crippen molar-refractivity contribution in [2.24, 2.45) is 0 Å². The van der Waals surface area contributed by atoms with Crippen molar-refractivity contribution in [3.8, 4) is 5.75 Å². The molecule has 1 aliphatic rings. The van der Waals surface area contributed by atoms with E-state index in [0.29, 0.717) is 24.5 Å². The van der Waals surface area contributed by atoms with Crippen LogP contribution in [0.2, 0.25) is 0 Å². The Morgan fingerprint density at radius 1 is 1.22 bits per heavy atom. The lowest BCUT2D eigenvalue weighted by molar-refractivity contribution is 0.346. The average Bonchev–Trinajstić information content (AvgIpc) is 2.40. The van der Waals surface area contributed by atoms with Gasteiger partial charge in [0.2, 0.25) is 10.0 Å². The number of piperidine rings is 1. The second kappa shape index (κ2) is 5.16. The summed E-state index contributed by atoms with van der Waals surface area (Å²) in [5.74, 6) is 0.396. The number of nitrogens with zero attached hydrogens (tertiary/aromatic N) is 1. The summed E-state index contributed by atoms with van der Waals surface area (Å²) < 4.78 is 31.4. The molecule has 1 fully saturated rings. The molecule has 0 saturated carbocycles. The number of hydrogen-bond donors (Lipinski definition) is 1. The highest BCUT2D eigenvalue weighted by Gasteiger charge is 2.26. The summed E-state index contributed by atoms with van der Waals surface area (Å²) in [4.78, 5) is 0.246. The Labute approximate surface area is 108 Å². The number of rotatable bonds is 3. The molecule has 5 nitrogen and oxygen atoms in total. The van der Waals surface area contributed by atoms with E-state index in [0.717, 1.165) is 19.3 Å². The van der Waals surface area contributed by atoms with Crippen molar-refractivity contribution in [3.05, 3.63) is 18.2 Å². The van der Waals surface area contributed by atoms with E-state index in [4.69, 9.17) is 10.5 Å². The van der Waals surface area contributed by atoms with Gasteiger partial charge in [-0.2, -0.15) is 4.31 Å². The van der Waals surface area contributed by atoms with E-state index in [1.807, 2.05) is 0 Å². The van der Waals surface area contributed by atoms with Gasteiger partial charge in [0.1, 0.15) is 5.75 Å². The van der Waals surface area contributed by atoms with Gasteiger partial charge in [-0.1, -0.05) is 6.42 Å². The first kappa shape index (κ1) is 13.2. The van der Waals surface area contributed by atoms with E-state index in [2.05, 4.69) is 0 Å². The number of benzene rings is 1. The first-order valence-corrected chi connectivity index (χ1v) is 7.43. The van der Waals surface area contributed by atoms with E-state index in [1.165, 1.54) is 23.5 Å². The van der Waals surface area contributed by atoms with Crippen LogP contribution in [-0.4, -0.2) is 32.9 Å². The average molecular weight is 270 g/mol. The number of methoxy groups -OCH3 is 1. The fraction of sp³-hybridized carbons (Fsp3) is 0.500. The van der Waals surface area contributed by atoms with Crippen molar-refractivity contribution in [2.75, 3.05) is 25.9 Å². The largest absolute Gasteiger partial charge is 0.495 e. The molecule has 2 rings (SSSR count). The van der Waals surface area contributed by atoms with Crippen LogP contribution in [-0.2, 0) is 10.0 Å². The molecule has 0 radical (unpaired) electrons. The molecule has 100 valence electrons. The molecule has 0 aliphatic carbocycles. The third kappa shape index (κ3) is 2.44. The molecule has 0 unspecified atom stereocenters. The van der Waals surface area contributed by atoms with Gasteiger partial charge in [0.05, 0.1) is 17.7 Å². The Morgan fingerprint density at radius 3 is 2.50 bits per heavy atom. The van der Waals surface area contributed by atoms with E-state index in [1.54, 1.807) is 6.07 Å². The Bertz CT molecular complexity index is 522. The molecular formula is C12H18N2O3S. The molecule has 2 N–H and O–H groups in total. The normalized spacial score (nSPS) is 17.6. The highest BCUT2D eigenvalue weighted by molar-refractivity contribution is 7.89. The molecular weight excluding hydrogens is 252 g/mol. The van der Waals surface area contributed by atoms with Crippen molar-refractivity contribution >= 4 is 15.7 Å². The molecule has 0 atom stereocenters. The number of anilines is 1. The second-order valence-electron chi connectivity index (χ2n) is 4.37. The summed E-state index contributed by atoms with van der Waals surface area (Å²) in [5.41, 5.74) is 6.13. The van der Waals surface area contributed by atoms with Gasteiger partial charge in [-0.25, -0.2) is 8.42 Å². The lowest BCUT2D eigenvalue weighted by atomic mass is 10.2. The minimum absolute atomic E-state index is 0.246. The molecule has 1 heterocycles. The number of hydrogen-bond acceptors (Lipinski definition) is 4. The minimum Gasteiger partial charge on any atom is -0.495 e. The molecule has 1 aliphatic heterocycles. The van der Waals surface area contributed by atoms with E-state index < -0.39 is 10.0 Å². The third-order valence-electron chi connectivity index (χ3n) is 3.16. The second-order valence-corrected chi connectivity index (χ2v) is 6.31. The smallest absolute Gasteiger partial charge is 0.243 e. The zero-order valence-electron chi connectivity index (χ0n) is 10.4. The van der Waals surface area contributed by atoms with Gasteiger partial charge < -0.3 is 10.5 Å². The summed E-state index contributed by atoms with van der Waals surface area (Å²) in [5, 5.41) is 0. The van der Waals surface area contributed by atoms with Crippen molar-refractivity contribution in [1.82, 2.24) is 4.31 Å². The summed E-state index contributed by atoms with van der Waals surface area (Å²) >= 11 is 0.